The third kappa shape index (κ3) is 2.49. The first-order valence-corrected chi connectivity index (χ1v) is 4.67. The van der Waals surface area contributed by atoms with Crippen LogP contribution in [0.2, 0.25) is 0 Å². The maximum absolute atomic E-state index is 8.93. The van der Waals surface area contributed by atoms with Crippen molar-refractivity contribution in [2.75, 3.05) is 6.61 Å². The highest BCUT2D eigenvalue weighted by atomic mass is 16.5. The van der Waals surface area contributed by atoms with E-state index in [-0.39, 0.29) is 6.61 Å². The molecule has 1 aromatic rings. The predicted molar refractivity (Wildman–Crippen MR) is 52.6 cm³/mol. The van der Waals surface area contributed by atoms with Crippen LogP contribution in [0.1, 0.15) is 32.3 Å². The molecular formula is C10H16N2O2. The van der Waals surface area contributed by atoms with Gasteiger partial charge in [0, 0.05) is 12.8 Å². The molecule has 1 rings (SSSR count). The SMILES string of the molecule is CCOC(C)(C)c1nccc(CO)n1. The van der Waals surface area contributed by atoms with Gasteiger partial charge in [-0.1, -0.05) is 0 Å². The summed E-state index contributed by atoms with van der Waals surface area (Å²) in [5, 5.41) is 8.93. The molecule has 4 nitrogen and oxygen atoms in total. The van der Waals surface area contributed by atoms with Gasteiger partial charge in [-0.25, -0.2) is 9.97 Å². The first-order valence-electron chi connectivity index (χ1n) is 4.67. The van der Waals surface area contributed by atoms with Crippen molar-refractivity contribution in [1.29, 1.82) is 0 Å². The second-order valence-corrected chi connectivity index (χ2v) is 3.47. The normalized spacial score (nSPS) is 11.7. The van der Waals surface area contributed by atoms with E-state index < -0.39 is 5.60 Å². The number of hydrogen-bond acceptors (Lipinski definition) is 4. The Labute approximate surface area is 84.0 Å². The molecule has 1 aromatic heterocycles. The number of aromatic nitrogens is 2. The highest BCUT2D eigenvalue weighted by molar-refractivity contribution is 5.05. The van der Waals surface area contributed by atoms with Gasteiger partial charge in [0.1, 0.15) is 5.60 Å². The van der Waals surface area contributed by atoms with Crippen molar-refractivity contribution in [2.24, 2.45) is 0 Å². The molecule has 0 bridgehead atoms. The molecule has 0 atom stereocenters. The summed E-state index contributed by atoms with van der Waals surface area (Å²) in [4.78, 5) is 8.33. The Bertz CT molecular complexity index is 300. The van der Waals surface area contributed by atoms with Crippen LogP contribution in [0.5, 0.6) is 0 Å². The molecule has 0 aromatic carbocycles. The largest absolute Gasteiger partial charge is 0.390 e. The molecule has 14 heavy (non-hydrogen) atoms. The van der Waals surface area contributed by atoms with Gasteiger partial charge in [-0.3, -0.25) is 0 Å². The fourth-order valence-electron chi connectivity index (χ4n) is 1.20. The van der Waals surface area contributed by atoms with E-state index in [9.17, 15) is 0 Å². The van der Waals surface area contributed by atoms with Crippen molar-refractivity contribution < 1.29 is 9.84 Å². The molecule has 0 aliphatic heterocycles. The van der Waals surface area contributed by atoms with Crippen LogP contribution in [0.25, 0.3) is 0 Å². The van der Waals surface area contributed by atoms with E-state index in [4.69, 9.17) is 9.84 Å². The van der Waals surface area contributed by atoms with Crippen LogP contribution in [0.4, 0.5) is 0 Å². The quantitative estimate of drug-likeness (QED) is 0.787. The second-order valence-electron chi connectivity index (χ2n) is 3.47. The number of ether oxygens (including phenoxy) is 1. The van der Waals surface area contributed by atoms with E-state index in [0.717, 1.165) is 0 Å². The average Bonchev–Trinajstić information content (AvgIpc) is 2.18. The molecule has 0 spiro atoms. The minimum absolute atomic E-state index is 0.0717. The van der Waals surface area contributed by atoms with Gasteiger partial charge < -0.3 is 9.84 Å². The van der Waals surface area contributed by atoms with Gasteiger partial charge in [-0.2, -0.15) is 0 Å². The van der Waals surface area contributed by atoms with Crippen LogP contribution in [0.3, 0.4) is 0 Å². The zero-order valence-corrected chi connectivity index (χ0v) is 8.82. The lowest BCUT2D eigenvalue weighted by molar-refractivity contribution is -0.0211. The molecule has 0 amide bonds. The van der Waals surface area contributed by atoms with Crippen molar-refractivity contribution in [3.8, 4) is 0 Å². The predicted octanol–water partition coefficient (Wildman–Crippen LogP) is 1.24. The molecular weight excluding hydrogens is 180 g/mol. The Kier molecular flexibility index (Phi) is 3.55. The Hall–Kier alpha value is -1.00. The van der Waals surface area contributed by atoms with Gasteiger partial charge in [0.2, 0.25) is 0 Å². The van der Waals surface area contributed by atoms with Crippen molar-refractivity contribution in [2.45, 2.75) is 33.0 Å². The van der Waals surface area contributed by atoms with Crippen molar-refractivity contribution in [3.63, 3.8) is 0 Å². The molecule has 0 radical (unpaired) electrons. The Morgan fingerprint density at radius 3 is 2.79 bits per heavy atom. The number of aliphatic hydroxyl groups excluding tert-OH is 1. The monoisotopic (exact) mass is 196 g/mol. The smallest absolute Gasteiger partial charge is 0.160 e. The third-order valence-electron chi connectivity index (χ3n) is 1.92. The summed E-state index contributed by atoms with van der Waals surface area (Å²) < 4.78 is 5.51. The van der Waals surface area contributed by atoms with Gasteiger partial charge in [-0.05, 0) is 26.8 Å². The van der Waals surface area contributed by atoms with E-state index in [2.05, 4.69) is 9.97 Å². The summed E-state index contributed by atoms with van der Waals surface area (Å²) in [7, 11) is 0. The minimum atomic E-state index is -0.500. The molecule has 1 N–H and O–H groups in total. The van der Waals surface area contributed by atoms with Crippen molar-refractivity contribution in [3.05, 3.63) is 23.8 Å². The first kappa shape index (κ1) is 11.1. The first-order chi connectivity index (χ1) is 6.60. The molecule has 0 unspecified atom stereocenters. The molecule has 4 heteroatoms. The highest BCUT2D eigenvalue weighted by Gasteiger charge is 2.23. The fourth-order valence-corrected chi connectivity index (χ4v) is 1.20. The zero-order valence-electron chi connectivity index (χ0n) is 8.82. The van der Waals surface area contributed by atoms with Crippen LogP contribution in [-0.4, -0.2) is 21.7 Å². The van der Waals surface area contributed by atoms with Gasteiger partial charge in [0.25, 0.3) is 0 Å². The van der Waals surface area contributed by atoms with Crippen LogP contribution < -0.4 is 0 Å². The zero-order chi connectivity index (χ0) is 10.6. The Balaban J connectivity index is 2.93. The van der Waals surface area contributed by atoms with Gasteiger partial charge in [0.05, 0.1) is 12.3 Å². The molecule has 1 heterocycles. The Morgan fingerprint density at radius 1 is 1.50 bits per heavy atom. The standard InChI is InChI=1S/C10H16N2O2/c1-4-14-10(2,3)9-11-6-5-8(7-13)12-9/h5-6,13H,4,7H2,1-3H3. The summed E-state index contributed by atoms with van der Waals surface area (Å²) in [5.41, 5.74) is 0.114. The van der Waals surface area contributed by atoms with Gasteiger partial charge >= 0.3 is 0 Å². The van der Waals surface area contributed by atoms with Crippen LogP contribution in [0, 0.1) is 0 Å². The van der Waals surface area contributed by atoms with Gasteiger partial charge in [0.15, 0.2) is 5.82 Å². The van der Waals surface area contributed by atoms with E-state index in [1.807, 2.05) is 20.8 Å². The average molecular weight is 196 g/mol. The molecule has 0 fully saturated rings. The third-order valence-corrected chi connectivity index (χ3v) is 1.92. The summed E-state index contributed by atoms with van der Waals surface area (Å²) in [6, 6.07) is 1.69. The summed E-state index contributed by atoms with van der Waals surface area (Å²) in [5.74, 6) is 0.603. The Morgan fingerprint density at radius 2 is 2.21 bits per heavy atom. The summed E-state index contributed by atoms with van der Waals surface area (Å²) in [6.07, 6.45) is 1.63. The van der Waals surface area contributed by atoms with Crippen molar-refractivity contribution in [1.82, 2.24) is 9.97 Å². The van der Waals surface area contributed by atoms with E-state index >= 15 is 0 Å². The summed E-state index contributed by atoms with van der Waals surface area (Å²) >= 11 is 0. The molecule has 78 valence electrons. The van der Waals surface area contributed by atoms with Crippen LogP contribution in [0.15, 0.2) is 12.3 Å². The van der Waals surface area contributed by atoms with E-state index in [1.54, 1.807) is 12.3 Å². The highest BCUT2D eigenvalue weighted by Crippen LogP contribution is 2.20. The maximum Gasteiger partial charge on any atom is 0.160 e. The lowest BCUT2D eigenvalue weighted by Gasteiger charge is -2.22. The lowest BCUT2D eigenvalue weighted by Crippen LogP contribution is -2.25. The molecule has 0 aliphatic carbocycles. The van der Waals surface area contributed by atoms with Gasteiger partial charge in [-0.15, -0.1) is 0 Å². The maximum atomic E-state index is 8.93. The topological polar surface area (TPSA) is 55.2 Å². The molecule has 0 saturated carbocycles. The van der Waals surface area contributed by atoms with Crippen LogP contribution >= 0.6 is 0 Å². The fraction of sp³-hybridized carbons (Fsp3) is 0.600. The lowest BCUT2D eigenvalue weighted by atomic mass is 10.1. The molecule has 0 saturated heterocycles. The number of hydrogen-bond donors (Lipinski definition) is 1. The van der Waals surface area contributed by atoms with Crippen LogP contribution in [-0.2, 0) is 16.9 Å². The van der Waals surface area contributed by atoms with E-state index in [1.165, 1.54) is 0 Å². The number of nitrogens with zero attached hydrogens (tertiary/aromatic N) is 2. The number of aliphatic hydroxyl groups is 1. The van der Waals surface area contributed by atoms with Crippen molar-refractivity contribution >= 4 is 0 Å². The minimum Gasteiger partial charge on any atom is -0.390 e. The number of rotatable bonds is 4. The molecule has 0 aliphatic rings. The van der Waals surface area contributed by atoms with E-state index in [0.29, 0.717) is 18.1 Å². The summed E-state index contributed by atoms with van der Waals surface area (Å²) in [6.45, 7) is 6.29. The second kappa shape index (κ2) is 4.48.